The molecule has 2 aromatic carbocycles. The predicted molar refractivity (Wildman–Crippen MR) is 70.2 cm³/mol. The van der Waals surface area contributed by atoms with Crippen LogP contribution in [-0.2, 0) is 0 Å². The standard InChI is InChI=1S/C14H7ClO3/c15-14(17)8-5-6-12-10(7-8)13(16)9-3-1-2-4-11(9)18-12/h1-7H. The summed E-state index contributed by atoms with van der Waals surface area (Å²) in [6, 6.07) is 11.6. The first-order valence-corrected chi connectivity index (χ1v) is 5.70. The Kier molecular flexibility index (Phi) is 2.42. The number of carbonyl (C=O) groups excluding carboxylic acids is 1. The fourth-order valence-electron chi connectivity index (χ4n) is 1.93. The third kappa shape index (κ3) is 1.60. The minimum Gasteiger partial charge on any atom is -0.456 e. The summed E-state index contributed by atoms with van der Waals surface area (Å²) < 4.78 is 5.61. The molecule has 0 aliphatic heterocycles. The Hall–Kier alpha value is -2.13. The molecule has 0 saturated heterocycles. The smallest absolute Gasteiger partial charge is 0.252 e. The lowest BCUT2D eigenvalue weighted by atomic mass is 10.1. The fraction of sp³-hybridized carbons (Fsp3) is 0. The summed E-state index contributed by atoms with van der Waals surface area (Å²) in [5.41, 5.74) is 1.10. The number of para-hydroxylation sites is 1. The van der Waals surface area contributed by atoms with Gasteiger partial charge in [0, 0.05) is 5.56 Å². The van der Waals surface area contributed by atoms with Crippen LogP contribution in [0.1, 0.15) is 10.4 Å². The number of halogens is 1. The number of hydrogen-bond acceptors (Lipinski definition) is 3. The van der Waals surface area contributed by atoms with Gasteiger partial charge in [0.25, 0.3) is 5.24 Å². The molecule has 4 heteroatoms. The average molecular weight is 259 g/mol. The molecule has 0 aliphatic rings. The second-order valence-electron chi connectivity index (χ2n) is 3.91. The van der Waals surface area contributed by atoms with E-state index in [0.717, 1.165) is 0 Å². The lowest BCUT2D eigenvalue weighted by Gasteiger charge is -2.01. The molecule has 3 nitrogen and oxygen atoms in total. The molecule has 1 aromatic heterocycles. The van der Waals surface area contributed by atoms with Gasteiger partial charge in [0.05, 0.1) is 10.8 Å². The summed E-state index contributed by atoms with van der Waals surface area (Å²) >= 11 is 5.40. The second kappa shape index (κ2) is 3.96. The summed E-state index contributed by atoms with van der Waals surface area (Å²) in [5, 5.41) is 0.258. The Bertz CT molecular complexity index is 833. The van der Waals surface area contributed by atoms with E-state index >= 15 is 0 Å². The van der Waals surface area contributed by atoms with Gasteiger partial charge in [0.1, 0.15) is 11.2 Å². The van der Waals surface area contributed by atoms with E-state index in [2.05, 4.69) is 0 Å². The van der Waals surface area contributed by atoms with Crippen molar-refractivity contribution in [3.63, 3.8) is 0 Å². The minimum atomic E-state index is -0.593. The Morgan fingerprint density at radius 2 is 1.72 bits per heavy atom. The largest absolute Gasteiger partial charge is 0.456 e. The van der Waals surface area contributed by atoms with Crippen molar-refractivity contribution in [1.82, 2.24) is 0 Å². The monoisotopic (exact) mass is 258 g/mol. The third-order valence-electron chi connectivity index (χ3n) is 2.80. The molecular formula is C14H7ClO3. The molecule has 0 bridgehead atoms. The summed E-state index contributed by atoms with van der Waals surface area (Å²) in [6.07, 6.45) is 0. The average Bonchev–Trinajstić information content (AvgIpc) is 2.38. The minimum absolute atomic E-state index is 0.161. The first-order chi connectivity index (χ1) is 8.66. The van der Waals surface area contributed by atoms with E-state index in [9.17, 15) is 9.59 Å². The first kappa shape index (κ1) is 11.0. The molecule has 18 heavy (non-hydrogen) atoms. The third-order valence-corrected chi connectivity index (χ3v) is 3.02. The van der Waals surface area contributed by atoms with Gasteiger partial charge in [-0.2, -0.15) is 0 Å². The molecule has 88 valence electrons. The van der Waals surface area contributed by atoms with Crippen LogP contribution < -0.4 is 5.43 Å². The normalized spacial score (nSPS) is 10.9. The summed E-state index contributed by atoms with van der Waals surface area (Å²) in [4.78, 5) is 23.3. The Morgan fingerprint density at radius 1 is 1.00 bits per heavy atom. The maximum atomic E-state index is 12.2. The lowest BCUT2D eigenvalue weighted by molar-refractivity contribution is 0.108. The molecular weight excluding hydrogens is 252 g/mol. The van der Waals surface area contributed by atoms with Crippen molar-refractivity contribution in [1.29, 1.82) is 0 Å². The number of carbonyl (C=O) groups is 1. The van der Waals surface area contributed by atoms with Crippen molar-refractivity contribution in [2.75, 3.05) is 0 Å². The fourth-order valence-corrected chi connectivity index (χ4v) is 2.04. The van der Waals surface area contributed by atoms with Gasteiger partial charge in [-0.15, -0.1) is 0 Å². The molecule has 3 rings (SSSR count). The van der Waals surface area contributed by atoms with Gasteiger partial charge in [0.15, 0.2) is 0 Å². The molecule has 0 N–H and O–H groups in total. The van der Waals surface area contributed by atoms with Crippen molar-refractivity contribution in [2.45, 2.75) is 0 Å². The van der Waals surface area contributed by atoms with Crippen LogP contribution in [0.3, 0.4) is 0 Å². The van der Waals surface area contributed by atoms with Gasteiger partial charge in [0.2, 0.25) is 5.43 Å². The zero-order chi connectivity index (χ0) is 12.7. The van der Waals surface area contributed by atoms with Crippen LogP contribution in [0, 0.1) is 0 Å². The van der Waals surface area contributed by atoms with E-state index in [1.165, 1.54) is 12.1 Å². The van der Waals surface area contributed by atoms with Crippen LogP contribution in [0.15, 0.2) is 51.7 Å². The summed E-state index contributed by atoms with van der Waals surface area (Å²) in [7, 11) is 0. The molecule has 0 amide bonds. The highest BCUT2D eigenvalue weighted by atomic mass is 35.5. The Morgan fingerprint density at radius 3 is 2.50 bits per heavy atom. The van der Waals surface area contributed by atoms with Crippen LogP contribution in [-0.4, -0.2) is 5.24 Å². The zero-order valence-corrected chi connectivity index (χ0v) is 9.90. The number of fused-ring (bicyclic) bond motifs is 2. The molecule has 0 fully saturated rings. The van der Waals surface area contributed by atoms with Gasteiger partial charge in [-0.1, -0.05) is 12.1 Å². The molecule has 0 saturated carbocycles. The molecule has 0 unspecified atom stereocenters. The van der Waals surface area contributed by atoms with E-state index in [-0.39, 0.29) is 11.0 Å². The van der Waals surface area contributed by atoms with E-state index in [4.69, 9.17) is 16.0 Å². The van der Waals surface area contributed by atoms with Gasteiger partial charge in [-0.3, -0.25) is 9.59 Å². The molecule has 0 spiro atoms. The van der Waals surface area contributed by atoms with Crippen LogP contribution >= 0.6 is 11.6 Å². The molecule has 0 atom stereocenters. The highest BCUT2D eigenvalue weighted by Gasteiger charge is 2.09. The summed E-state index contributed by atoms with van der Waals surface area (Å²) in [5.74, 6) is 0. The second-order valence-corrected chi connectivity index (χ2v) is 4.26. The number of hydrogen-bond donors (Lipinski definition) is 0. The van der Waals surface area contributed by atoms with Crippen LogP contribution in [0.4, 0.5) is 0 Å². The van der Waals surface area contributed by atoms with Crippen LogP contribution in [0.2, 0.25) is 0 Å². The van der Waals surface area contributed by atoms with Crippen molar-refractivity contribution < 1.29 is 9.21 Å². The lowest BCUT2D eigenvalue weighted by Crippen LogP contribution is -2.03. The van der Waals surface area contributed by atoms with Crippen LogP contribution in [0.25, 0.3) is 21.9 Å². The molecule has 1 heterocycles. The molecule has 3 aromatic rings. The highest BCUT2D eigenvalue weighted by Crippen LogP contribution is 2.19. The van der Waals surface area contributed by atoms with E-state index < -0.39 is 5.24 Å². The van der Waals surface area contributed by atoms with Gasteiger partial charge >= 0.3 is 0 Å². The van der Waals surface area contributed by atoms with Crippen molar-refractivity contribution in [2.24, 2.45) is 0 Å². The molecule has 0 radical (unpaired) electrons. The topological polar surface area (TPSA) is 47.3 Å². The van der Waals surface area contributed by atoms with Gasteiger partial charge in [-0.05, 0) is 41.9 Å². The maximum absolute atomic E-state index is 12.2. The maximum Gasteiger partial charge on any atom is 0.252 e. The molecule has 0 aliphatic carbocycles. The number of rotatable bonds is 1. The number of benzene rings is 2. The van der Waals surface area contributed by atoms with Gasteiger partial charge in [-0.25, -0.2) is 0 Å². The SMILES string of the molecule is O=C(Cl)c1ccc2oc3ccccc3c(=O)c2c1. The van der Waals surface area contributed by atoms with Crippen molar-refractivity contribution >= 4 is 38.8 Å². The van der Waals surface area contributed by atoms with Crippen molar-refractivity contribution in [3.8, 4) is 0 Å². The Balaban J connectivity index is 2.49. The Labute approximate surface area is 107 Å². The quantitative estimate of drug-likeness (QED) is 0.497. The van der Waals surface area contributed by atoms with E-state index in [1.807, 2.05) is 0 Å². The first-order valence-electron chi connectivity index (χ1n) is 5.32. The highest BCUT2D eigenvalue weighted by molar-refractivity contribution is 6.67. The van der Waals surface area contributed by atoms with Crippen LogP contribution in [0.5, 0.6) is 0 Å². The predicted octanol–water partition coefficient (Wildman–Crippen LogP) is 3.33. The zero-order valence-electron chi connectivity index (χ0n) is 9.14. The van der Waals surface area contributed by atoms with Gasteiger partial charge < -0.3 is 4.42 Å². The summed E-state index contributed by atoms with van der Waals surface area (Å²) in [6.45, 7) is 0. The van der Waals surface area contributed by atoms with Crippen molar-refractivity contribution in [3.05, 3.63) is 58.3 Å². The van der Waals surface area contributed by atoms with E-state index in [0.29, 0.717) is 21.9 Å². The van der Waals surface area contributed by atoms with E-state index in [1.54, 1.807) is 30.3 Å².